The Kier molecular flexibility index (Phi) is 3.33. The summed E-state index contributed by atoms with van der Waals surface area (Å²) < 4.78 is 3.13. The van der Waals surface area contributed by atoms with E-state index in [0.29, 0.717) is 12.2 Å². The van der Waals surface area contributed by atoms with E-state index in [4.69, 9.17) is 0 Å². The van der Waals surface area contributed by atoms with Gasteiger partial charge >= 0.3 is 0 Å². The van der Waals surface area contributed by atoms with E-state index in [1.807, 2.05) is 29.0 Å². The van der Waals surface area contributed by atoms with Crippen molar-refractivity contribution in [3.05, 3.63) is 64.0 Å². The van der Waals surface area contributed by atoms with Crippen LogP contribution >= 0.6 is 22.6 Å². The van der Waals surface area contributed by atoms with Gasteiger partial charge in [-0.15, -0.1) is 6.58 Å². The Balaban J connectivity index is 2.31. The molecule has 2 nitrogen and oxygen atoms in total. The van der Waals surface area contributed by atoms with Crippen LogP contribution in [0.4, 0.5) is 0 Å². The summed E-state index contributed by atoms with van der Waals surface area (Å²) in [6.45, 7) is 4.16. The van der Waals surface area contributed by atoms with Gasteiger partial charge in [0.1, 0.15) is 0 Å². The van der Waals surface area contributed by atoms with Crippen LogP contribution in [0, 0.1) is 3.57 Å². The Morgan fingerprint density at radius 2 is 2.00 bits per heavy atom. The van der Waals surface area contributed by atoms with Crippen LogP contribution in [0.1, 0.15) is 11.3 Å². The Labute approximate surface area is 108 Å². The van der Waals surface area contributed by atoms with Crippen molar-refractivity contribution in [2.45, 2.75) is 6.54 Å². The Bertz CT molecular complexity index is 516. The summed E-state index contributed by atoms with van der Waals surface area (Å²) in [4.78, 5) is 0. The molecule has 0 amide bonds. The molecule has 0 spiro atoms. The maximum atomic E-state index is 11.3. The molecule has 3 heteroatoms. The zero-order chi connectivity index (χ0) is 11.5. The second kappa shape index (κ2) is 4.74. The Morgan fingerprint density at radius 3 is 2.69 bits per heavy atom. The summed E-state index contributed by atoms with van der Waals surface area (Å²) in [6.07, 6.45) is 1.90. The Morgan fingerprint density at radius 1 is 1.25 bits per heavy atom. The fraction of sp³-hybridized carbons (Fsp3) is 0.0769. The summed E-state index contributed by atoms with van der Waals surface area (Å²) in [6, 6.07) is 11.8. The molecule has 16 heavy (non-hydrogen) atoms. The molecule has 0 unspecified atom stereocenters. The average Bonchev–Trinajstić information content (AvgIpc) is 2.69. The first-order valence-electron chi connectivity index (χ1n) is 4.93. The third kappa shape index (κ3) is 2.29. The van der Waals surface area contributed by atoms with Crippen LogP contribution in [0.25, 0.3) is 5.76 Å². The van der Waals surface area contributed by atoms with Crippen molar-refractivity contribution < 1.29 is 5.11 Å². The van der Waals surface area contributed by atoms with Gasteiger partial charge in [0.15, 0.2) is 0 Å². The van der Waals surface area contributed by atoms with Crippen LogP contribution in [-0.2, 0) is 6.54 Å². The highest BCUT2D eigenvalue weighted by Gasteiger charge is 2.02. The lowest BCUT2D eigenvalue weighted by Gasteiger charge is -2.15. The summed E-state index contributed by atoms with van der Waals surface area (Å²) in [5.41, 5.74) is 1.86. The van der Waals surface area contributed by atoms with E-state index in [2.05, 4.69) is 41.3 Å². The lowest BCUT2D eigenvalue weighted by molar-refractivity contribution is -0.244. The normalized spacial score (nSPS) is 10.3. The molecule has 0 aliphatic heterocycles. The van der Waals surface area contributed by atoms with Gasteiger partial charge in [-0.2, -0.15) is 0 Å². The largest absolute Gasteiger partial charge is 0.871 e. The van der Waals surface area contributed by atoms with Gasteiger partial charge in [-0.05, 0) is 46.4 Å². The van der Waals surface area contributed by atoms with E-state index in [0.717, 1.165) is 0 Å². The number of hydrogen-bond acceptors (Lipinski definition) is 1. The van der Waals surface area contributed by atoms with E-state index in [1.165, 1.54) is 9.13 Å². The second-order valence-corrected chi connectivity index (χ2v) is 4.70. The van der Waals surface area contributed by atoms with Gasteiger partial charge in [-0.25, -0.2) is 0 Å². The number of aromatic nitrogens is 1. The highest BCUT2D eigenvalue weighted by atomic mass is 127. The molecule has 0 bridgehead atoms. The van der Waals surface area contributed by atoms with Crippen LogP contribution in [0.15, 0.2) is 49.2 Å². The number of hydrogen-bond donors (Lipinski definition) is 0. The third-order valence-corrected chi connectivity index (χ3v) is 3.47. The minimum absolute atomic E-state index is 0.143. The van der Waals surface area contributed by atoms with Crippen molar-refractivity contribution in [1.82, 2.24) is 4.57 Å². The van der Waals surface area contributed by atoms with Gasteiger partial charge in [-0.1, -0.05) is 24.0 Å². The number of halogens is 1. The van der Waals surface area contributed by atoms with E-state index < -0.39 is 0 Å². The SMILES string of the molecule is C=C([O-])c1cccn1Cc1ccccc1I. The van der Waals surface area contributed by atoms with Crippen LogP contribution < -0.4 is 5.11 Å². The smallest absolute Gasteiger partial charge is 0.0486 e. The molecule has 0 aliphatic rings. The maximum Gasteiger partial charge on any atom is 0.0486 e. The molecule has 0 saturated heterocycles. The molecule has 1 heterocycles. The van der Waals surface area contributed by atoms with Crippen molar-refractivity contribution in [2.24, 2.45) is 0 Å². The third-order valence-electron chi connectivity index (χ3n) is 2.41. The topological polar surface area (TPSA) is 28.0 Å². The predicted molar refractivity (Wildman–Crippen MR) is 71.7 cm³/mol. The number of nitrogens with zero attached hydrogens (tertiary/aromatic N) is 1. The second-order valence-electron chi connectivity index (χ2n) is 3.54. The molecule has 82 valence electrons. The maximum absolute atomic E-state index is 11.3. The molecular weight excluding hydrogens is 313 g/mol. The Hall–Kier alpha value is -1.23. The fourth-order valence-electron chi connectivity index (χ4n) is 1.62. The zero-order valence-corrected chi connectivity index (χ0v) is 10.8. The molecule has 1 aromatic heterocycles. The summed E-state index contributed by atoms with van der Waals surface area (Å²) in [7, 11) is 0. The molecule has 0 fully saturated rings. The molecule has 0 radical (unpaired) electrons. The van der Waals surface area contributed by atoms with Crippen LogP contribution in [0.2, 0.25) is 0 Å². The van der Waals surface area contributed by atoms with Crippen LogP contribution in [0.3, 0.4) is 0 Å². The molecule has 0 N–H and O–H groups in total. The molecule has 1 aromatic carbocycles. The minimum Gasteiger partial charge on any atom is -0.871 e. The highest BCUT2D eigenvalue weighted by Crippen LogP contribution is 2.16. The lowest BCUT2D eigenvalue weighted by atomic mass is 10.2. The van der Waals surface area contributed by atoms with Crippen molar-refractivity contribution >= 4 is 28.4 Å². The predicted octanol–water partition coefficient (Wildman–Crippen LogP) is 2.47. The molecule has 0 atom stereocenters. The van der Waals surface area contributed by atoms with Crippen LogP contribution in [-0.4, -0.2) is 4.57 Å². The standard InChI is InChI=1S/C13H12INO/c1-10(16)13-7-4-8-15(13)9-11-5-2-3-6-12(11)14/h2-8,16H,1,9H2/p-1. The monoisotopic (exact) mass is 324 g/mol. The van der Waals surface area contributed by atoms with Gasteiger partial charge < -0.3 is 9.67 Å². The van der Waals surface area contributed by atoms with Gasteiger partial charge in [0.25, 0.3) is 0 Å². The van der Waals surface area contributed by atoms with Crippen molar-refractivity contribution in [1.29, 1.82) is 0 Å². The average molecular weight is 324 g/mol. The quantitative estimate of drug-likeness (QED) is 0.630. The first-order valence-corrected chi connectivity index (χ1v) is 6.01. The summed E-state index contributed by atoms with van der Waals surface area (Å²) in [5.74, 6) is -0.143. The summed E-state index contributed by atoms with van der Waals surface area (Å²) in [5, 5.41) is 11.3. The van der Waals surface area contributed by atoms with Gasteiger partial charge in [0.05, 0.1) is 0 Å². The molecule has 0 saturated carbocycles. The number of benzene rings is 1. The lowest BCUT2D eigenvalue weighted by Crippen LogP contribution is -2.09. The molecule has 2 aromatic rings. The van der Waals surface area contributed by atoms with Gasteiger partial charge in [0.2, 0.25) is 0 Å². The van der Waals surface area contributed by atoms with Crippen molar-refractivity contribution in [3.63, 3.8) is 0 Å². The fourth-order valence-corrected chi connectivity index (χ4v) is 2.17. The highest BCUT2D eigenvalue weighted by molar-refractivity contribution is 14.1. The van der Waals surface area contributed by atoms with E-state index in [1.54, 1.807) is 6.07 Å². The minimum atomic E-state index is -0.143. The van der Waals surface area contributed by atoms with E-state index in [-0.39, 0.29) is 5.76 Å². The van der Waals surface area contributed by atoms with Crippen molar-refractivity contribution in [3.8, 4) is 0 Å². The first kappa shape index (κ1) is 11.3. The van der Waals surface area contributed by atoms with E-state index >= 15 is 0 Å². The molecule has 2 rings (SSSR count). The molecular formula is C13H11INO-. The van der Waals surface area contributed by atoms with Gasteiger partial charge in [0, 0.05) is 22.0 Å². The van der Waals surface area contributed by atoms with Crippen molar-refractivity contribution in [2.75, 3.05) is 0 Å². The molecule has 0 aliphatic carbocycles. The first-order chi connectivity index (χ1) is 7.68. The van der Waals surface area contributed by atoms with E-state index in [9.17, 15) is 5.11 Å². The summed E-state index contributed by atoms with van der Waals surface area (Å²) >= 11 is 2.30. The number of rotatable bonds is 3. The van der Waals surface area contributed by atoms with Crippen LogP contribution in [0.5, 0.6) is 0 Å². The zero-order valence-electron chi connectivity index (χ0n) is 8.69. The van der Waals surface area contributed by atoms with Gasteiger partial charge in [-0.3, -0.25) is 0 Å².